The average molecular weight is 197 g/mol. The molecule has 12 heavy (non-hydrogen) atoms. The van der Waals surface area contributed by atoms with Crippen LogP contribution >= 0.6 is 12.6 Å². The van der Waals surface area contributed by atoms with Gasteiger partial charge in [0, 0.05) is 0 Å². The minimum atomic E-state index is -0.353. The zero-order chi connectivity index (χ0) is 8.27. The van der Waals surface area contributed by atoms with E-state index in [4.69, 9.17) is 0 Å². The SMILES string of the molecule is COC(=O)Cc1nn[nH]c1S.[NaH]. The molecule has 0 fully saturated rings. The van der Waals surface area contributed by atoms with Crippen LogP contribution < -0.4 is 0 Å². The number of thiol groups is 1. The van der Waals surface area contributed by atoms with Crippen LogP contribution in [-0.2, 0) is 16.0 Å². The summed E-state index contributed by atoms with van der Waals surface area (Å²) >= 11 is 3.97. The van der Waals surface area contributed by atoms with Crippen LogP contribution in [0, 0.1) is 0 Å². The van der Waals surface area contributed by atoms with Crippen molar-refractivity contribution in [3.05, 3.63) is 5.69 Å². The first-order chi connectivity index (χ1) is 5.24. The fourth-order valence-corrected chi connectivity index (χ4v) is 0.741. The summed E-state index contributed by atoms with van der Waals surface area (Å²) in [5.74, 6) is -0.353. The Hall–Kier alpha value is -0.0400. The number of carbonyl (C=O) groups excluding carboxylic acids is 1. The van der Waals surface area contributed by atoms with E-state index in [1.54, 1.807) is 0 Å². The molecule has 0 saturated heterocycles. The molecule has 0 saturated carbocycles. The van der Waals surface area contributed by atoms with Crippen molar-refractivity contribution in [3.8, 4) is 0 Å². The first-order valence-corrected chi connectivity index (χ1v) is 3.34. The number of nitrogens with one attached hydrogen (secondary N) is 1. The zero-order valence-electron chi connectivity index (χ0n) is 5.87. The Kier molecular flexibility index (Phi) is 5.56. The van der Waals surface area contributed by atoms with E-state index in [1.165, 1.54) is 7.11 Å². The third-order valence-corrected chi connectivity index (χ3v) is 1.50. The summed E-state index contributed by atoms with van der Waals surface area (Å²) in [7, 11) is 1.32. The fourth-order valence-electron chi connectivity index (χ4n) is 0.573. The van der Waals surface area contributed by atoms with Gasteiger partial charge in [-0.15, -0.1) is 17.7 Å². The number of rotatable bonds is 2. The van der Waals surface area contributed by atoms with Crippen molar-refractivity contribution in [1.82, 2.24) is 15.4 Å². The molecule has 0 aliphatic heterocycles. The molecule has 1 rings (SSSR count). The molecule has 1 N–H and O–H groups in total. The van der Waals surface area contributed by atoms with Crippen LogP contribution in [0.5, 0.6) is 0 Å². The second kappa shape index (κ2) is 5.58. The fraction of sp³-hybridized carbons (Fsp3) is 0.400. The first-order valence-electron chi connectivity index (χ1n) is 2.89. The summed E-state index contributed by atoms with van der Waals surface area (Å²) in [4.78, 5) is 10.7. The van der Waals surface area contributed by atoms with Gasteiger partial charge >= 0.3 is 35.5 Å². The van der Waals surface area contributed by atoms with Crippen LogP contribution in [0.25, 0.3) is 0 Å². The molecule has 62 valence electrons. The molecule has 0 radical (unpaired) electrons. The van der Waals surface area contributed by atoms with Crippen molar-refractivity contribution in [3.63, 3.8) is 0 Å². The summed E-state index contributed by atoms with van der Waals surface area (Å²) in [5, 5.41) is 10.1. The number of aromatic nitrogens is 3. The van der Waals surface area contributed by atoms with Crippen LogP contribution in [0.4, 0.5) is 0 Å². The Morgan fingerprint density at radius 2 is 2.42 bits per heavy atom. The van der Waals surface area contributed by atoms with Gasteiger partial charge in [0.1, 0.15) is 10.7 Å². The van der Waals surface area contributed by atoms with E-state index in [-0.39, 0.29) is 41.9 Å². The molecule has 0 spiro atoms. The number of aromatic amines is 1. The Morgan fingerprint density at radius 1 is 1.75 bits per heavy atom. The van der Waals surface area contributed by atoms with Crippen molar-refractivity contribution < 1.29 is 9.53 Å². The third-order valence-electron chi connectivity index (χ3n) is 1.14. The molecular formula is C5H8N3NaO2S. The number of ether oxygens (including phenoxy) is 1. The normalized spacial score (nSPS) is 8.83. The van der Waals surface area contributed by atoms with E-state index >= 15 is 0 Å². The van der Waals surface area contributed by atoms with Crippen LogP contribution in [0.1, 0.15) is 5.69 Å². The van der Waals surface area contributed by atoms with Crippen LogP contribution in [0.3, 0.4) is 0 Å². The first kappa shape index (κ1) is 12.0. The van der Waals surface area contributed by atoms with Gasteiger partial charge in [-0.1, -0.05) is 5.21 Å². The van der Waals surface area contributed by atoms with Gasteiger partial charge in [0.05, 0.1) is 13.5 Å². The maximum absolute atomic E-state index is 10.7. The molecule has 1 aromatic heterocycles. The molecule has 0 aliphatic rings. The number of esters is 1. The van der Waals surface area contributed by atoms with Crippen LogP contribution in [-0.4, -0.2) is 58.0 Å². The quantitative estimate of drug-likeness (QED) is 0.368. The van der Waals surface area contributed by atoms with E-state index in [0.29, 0.717) is 10.7 Å². The molecular weight excluding hydrogens is 189 g/mol. The number of hydrogen-bond donors (Lipinski definition) is 2. The predicted octanol–water partition coefficient (Wildman–Crippen LogP) is -0.840. The molecule has 0 aromatic carbocycles. The topological polar surface area (TPSA) is 67.9 Å². The number of methoxy groups -OCH3 is 1. The number of carbonyl (C=O) groups is 1. The number of hydrogen-bond acceptors (Lipinski definition) is 5. The molecule has 0 unspecified atom stereocenters. The van der Waals surface area contributed by atoms with Gasteiger partial charge in [-0.05, 0) is 0 Å². The van der Waals surface area contributed by atoms with Crippen molar-refractivity contribution in [2.24, 2.45) is 0 Å². The van der Waals surface area contributed by atoms with Gasteiger partial charge in [0.25, 0.3) is 0 Å². The van der Waals surface area contributed by atoms with E-state index in [2.05, 4.69) is 32.8 Å². The molecule has 1 heterocycles. The standard InChI is InChI=1S/C5H7N3O2S.Na.H/c1-10-4(9)2-3-5(11)7-8-6-3;;/h2H2,1H3,(H2,6,7,8,11);;. The van der Waals surface area contributed by atoms with Crippen molar-refractivity contribution in [1.29, 1.82) is 0 Å². The van der Waals surface area contributed by atoms with E-state index in [9.17, 15) is 4.79 Å². The summed E-state index contributed by atoms with van der Waals surface area (Å²) < 4.78 is 4.42. The summed E-state index contributed by atoms with van der Waals surface area (Å²) in [6.07, 6.45) is 0.103. The maximum atomic E-state index is 10.7. The summed E-state index contributed by atoms with van der Waals surface area (Å²) in [6.45, 7) is 0. The van der Waals surface area contributed by atoms with Gasteiger partial charge in [0.15, 0.2) is 0 Å². The number of H-pyrrole nitrogens is 1. The van der Waals surface area contributed by atoms with E-state index in [0.717, 1.165) is 0 Å². The van der Waals surface area contributed by atoms with Crippen LogP contribution in [0.15, 0.2) is 5.03 Å². The second-order valence-corrected chi connectivity index (χ2v) is 2.31. The molecule has 1 aromatic rings. The van der Waals surface area contributed by atoms with Gasteiger partial charge in [0.2, 0.25) is 0 Å². The Bertz CT molecular complexity index is 265. The Balaban J connectivity index is 0.00000121. The molecule has 0 atom stereocenters. The van der Waals surface area contributed by atoms with Gasteiger partial charge < -0.3 is 4.74 Å². The van der Waals surface area contributed by atoms with Crippen LogP contribution in [0.2, 0.25) is 0 Å². The second-order valence-electron chi connectivity index (χ2n) is 1.86. The molecule has 5 nitrogen and oxygen atoms in total. The average Bonchev–Trinajstić information content (AvgIpc) is 2.37. The predicted molar refractivity (Wildman–Crippen MR) is 46.5 cm³/mol. The Labute approximate surface area is 97.0 Å². The minimum absolute atomic E-state index is 0. The molecule has 7 heteroatoms. The van der Waals surface area contributed by atoms with E-state index < -0.39 is 0 Å². The summed E-state index contributed by atoms with van der Waals surface area (Å²) in [5.41, 5.74) is 0.500. The zero-order valence-corrected chi connectivity index (χ0v) is 6.76. The van der Waals surface area contributed by atoms with Crippen molar-refractivity contribution in [2.75, 3.05) is 7.11 Å². The van der Waals surface area contributed by atoms with Crippen molar-refractivity contribution in [2.45, 2.75) is 11.4 Å². The van der Waals surface area contributed by atoms with Gasteiger partial charge in [-0.3, -0.25) is 9.89 Å². The molecule has 0 amide bonds. The summed E-state index contributed by atoms with van der Waals surface area (Å²) in [6, 6.07) is 0. The molecule has 0 aliphatic carbocycles. The molecule has 0 bridgehead atoms. The van der Waals surface area contributed by atoms with Crippen molar-refractivity contribution >= 4 is 48.2 Å². The van der Waals surface area contributed by atoms with Gasteiger partial charge in [-0.2, -0.15) is 0 Å². The van der Waals surface area contributed by atoms with E-state index in [1.807, 2.05) is 0 Å². The van der Waals surface area contributed by atoms with Gasteiger partial charge in [-0.25, -0.2) is 0 Å². The monoisotopic (exact) mass is 197 g/mol. The third kappa shape index (κ3) is 3.14. The number of nitrogens with zero attached hydrogens (tertiary/aromatic N) is 2. The Morgan fingerprint density at radius 3 is 2.83 bits per heavy atom.